The predicted octanol–water partition coefficient (Wildman–Crippen LogP) is -0.544. The molecule has 0 spiro atoms. The average Bonchev–Trinajstić information content (AvgIpc) is 2.66. The molecule has 100 valence electrons. The van der Waals surface area contributed by atoms with Crippen molar-refractivity contribution in [3.8, 4) is 0 Å². The largest absolute Gasteiger partial charge is 0.396 e. The first-order valence-corrected chi connectivity index (χ1v) is 5.63. The zero-order chi connectivity index (χ0) is 13.9. The van der Waals surface area contributed by atoms with Gasteiger partial charge >= 0.3 is 0 Å². The third-order valence-corrected chi connectivity index (χ3v) is 2.76. The van der Waals surface area contributed by atoms with Crippen molar-refractivity contribution >= 4 is 17.5 Å². The lowest BCUT2D eigenvalue weighted by Crippen LogP contribution is -2.38. The zero-order valence-electron chi connectivity index (χ0n) is 11.1. The van der Waals surface area contributed by atoms with Gasteiger partial charge in [0.05, 0.1) is 17.8 Å². The zero-order valence-corrected chi connectivity index (χ0v) is 11.1. The third kappa shape index (κ3) is 2.79. The summed E-state index contributed by atoms with van der Waals surface area (Å²) in [7, 11) is 4.85. The van der Waals surface area contributed by atoms with Gasteiger partial charge in [0.1, 0.15) is 5.69 Å². The van der Waals surface area contributed by atoms with E-state index in [1.165, 1.54) is 15.8 Å². The molecule has 0 saturated heterocycles. The van der Waals surface area contributed by atoms with Crippen LogP contribution in [0, 0.1) is 5.92 Å². The summed E-state index contributed by atoms with van der Waals surface area (Å²) in [6.07, 6.45) is 1.43. The van der Waals surface area contributed by atoms with Crippen molar-refractivity contribution in [2.24, 2.45) is 13.0 Å². The third-order valence-electron chi connectivity index (χ3n) is 2.76. The first-order valence-electron chi connectivity index (χ1n) is 5.63. The van der Waals surface area contributed by atoms with Crippen LogP contribution in [0.4, 0.5) is 5.69 Å². The molecule has 0 aliphatic rings. The molecule has 0 aliphatic heterocycles. The Labute approximate surface area is 106 Å². The van der Waals surface area contributed by atoms with E-state index in [0.29, 0.717) is 17.9 Å². The maximum atomic E-state index is 12.1. The molecule has 0 saturated carbocycles. The molecular formula is C11H19N5O2. The van der Waals surface area contributed by atoms with Gasteiger partial charge in [-0.15, -0.1) is 0 Å². The van der Waals surface area contributed by atoms with Gasteiger partial charge in [-0.1, -0.05) is 6.92 Å². The molecule has 0 aliphatic carbocycles. The molecule has 1 heterocycles. The van der Waals surface area contributed by atoms with Crippen molar-refractivity contribution in [1.29, 1.82) is 0 Å². The van der Waals surface area contributed by atoms with E-state index in [-0.39, 0.29) is 17.7 Å². The summed E-state index contributed by atoms with van der Waals surface area (Å²) in [5.74, 6) is -0.630. The smallest absolute Gasteiger partial charge is 0.274 e. The number of hydrogen-bond acceptors (Lipinski definition) is 4. The first kappa shape index (κ1) is 14.0. The number of hydrogen-bond donors (Lipinski definition) is 2. The lowest BCUT2D eigenvalue weighted by Gasteiger charge is -2.21. The highest BCUT2D eigenvalue weighted by atomic mass is 16.2. The topological polar surface area (TPSA) is 93.2 Å². The predicted molar refractivity (Wildman–Crippen MR) is 67.8 cm³/mol. The summed E-state index contributed by atoms with van der Waals surface area (Å²) < 4.78 is 1.43. The highest BCUT2D eigenvalue weighted by molar-refractivity contribution is 5.97. The van der Waals surface area contributed by atoms with Crippen LogP contribution < -0.4 is 11.1 Å². The molecule has 1 aromatic heterocycles. The molecule has 1 atom stereocenters. The normalized spacial score (nSPS) is 12.0. The maximum absolute atomic E-state index is 12.1. The van der Waals surface area contributed by atoms with E-state index in [1.54, 1.807) is 28.1 Å². The number of aryl methyl sites for hydroxylation is 1. The summed E-state index contributed by atoms with van der Waals surface area (Å²) in [4.78, 5) is 25.0. The van der Waals surface area contributed by atoms with Crippen LogP contribution in [0.1, 0.15) is 17.4 Å². The molecule has 1 aromatic rings. The van der Waals surface area contributed by atoms with Gasteiger partial charge in [-0.2, -0.15) is 5.10 Å². The first-order chi connectivity index (χ1) is 8.38. The maximum Gasteiger partial charge on any atom is 0.274 e. The van der Waals surface area contributed by atoms with Gasteiger partial charge in [0, 0.05) is 27.7 Å². The van der Waals surface area contributed by atoms with Gasteiger partial charge in [0.15, 0.2) is 0 Å². The van der Waals surface area contributed by atoms with Crippen LogP contribution >= 0.6 is 0 Å². The number of nitrogen functional groups attached to an aromatic ring is 1. The number of nitrogens with zero attached hydrogens (tertiary/aromatic N) is 3. The molecule has 2 amide bonds. The fourth-order valence-corrected chi connectivity index (χ4v) is 1.72. The minimum Gasteiger partial charge on any atom is -0.396 e. The highest BCUT2D eigenvalue weighted by Gasteiger charge is 2.22. The van der Waals surface area contributed by atoms with Gasteiger partial charge in [-0.05, 0) is 0 Å². The molecule has 1 rings (SSSR count). The molecule has 0 bridgehead atoms. The summed E-state index contributed by atoms with van der Waals surface area (Å²) >= 11 is 0. The van der Waals surface area contributed by atoms with Crippen molar-refractivity contribution in [3.63, 3.8) is 0 Å². The van der Waals surface area contributed by atoms with Crippen LogP contribution in [0.15, 0.2) is 6.20 Å². The molecule has 18 heavy (non-hydrogen) atoms. The Morgan fingerprint density at radius 3 is 2.67 bits per heavy atom. The number of rotatable bonds is 4. The standard InChI is InChI=1S/C11H19N5O2/c1-7(10(17)13-2)6-15(3)11(18)9-8(12)5-14-16(9)4/h5,7H,6,12H2,1-4H3,(H,13,17). The van der Waals surface area contributed by atoms with Crippen LogP contribution in [0.25, 0.3) is 0 Å². The van der Waals surface area contributed by atoms with E-state index < -0.39 is 0 Å². The number of carbonyl (C=O) groups excluding carboxylic acids is 2. The van der Waals surface area contributed by atoms with E-state index in [2.05, 4.69) is 10.4 Å². The number of nitrogens with one attached hydrogen (secondary N) is 1. The number of aromatic nitrogens is 2. The lowest BCUT2D eigenvalue weighted by atomic mass is 10.1. The molecule has 0 aromatic carbocycles. The van der Waals surface area contributed by atoms with Crippen LogP contribution in [0.3, 0.4) is 0 Å². The van der Waals surface area contributed by atoms with Crippen LogP contribution in [0.2, 0.25) is 0 Å². The van der Waals surface area contributed by atoms with Crippen molar-refractivity contribution in [2.75, 3.05) is 26.4 Å². The minimum absolute atomic E-state index is 0.104. The number of nitrogens with two attached hydrogens (primary N) is 1. The van der Waals surface area contributed by atoms with Crippen molar-refractivity contribution < 1.29 is 9.59 Å². The molecule has 7 nitrogen and oxygen atoms in total. The van der Waals surface area contributed by atoms with Gasteiger partial charge < -0.3 is 16.0 Å². The Bertz CT molecular complexity index is 435. The van der Waals surface area contributed by atoms with E-state index in [4.69, 9.17) is 5.73 Å². The minimum atomic E-state index is -0.279. The van der Waals surface area contributed by atoms with Gasteiger partial charge in [0.2, 0.25) is 5.91 Å². The SMILES string of the molecule is CNC(=O)C(C)CN(C)C(=O)c1c(N)cnn1C. The Hall–Kier alpha value is -2.05. The van der Waals surface area contributed by atoms with Crippen LogP contribution in [-0.4, -0.2) is 47.1 Å². The number of amides is 2. The van der Waals surface area contributed by atoms with Gasteiger partial charge in [-0.3, -0.25) is 14.3 Å². The van der Waals surface area contributed by atoms with E-state index in [1.807, 2.05) is 0 Å². The molecule has 0 fully saturated rings. The Morgan fingerprint density at radius 2 is 2.22 bits per heavy atom. The fourth-order valence-electron chi connectivity index (χ4n) is 1.72. The van der Waals surface area contributed by atoms with Gasteiger partial charge in [0.25, 0.3) is 5.91 Å². The Kier molecular flexibility index (Phi) is 4.30. The lowest BCUT2D eigenvalue weighted by molar-refractivity contribution is -0.124. The monoisotopic (exact) mass is 253 g/mol. The van der Waals surface area contributed by atoms with Crippen molar-refractivity contribution in [2.45, 2.75) is 6.92 Å². The summed E-state index contributed by atoms with van der Waals surface area (Å²) in [6, 6.07) is 0. The number of anilines is 1. The Balaban J connectivity index is 2.76. The van der Waals surface area contributed by atoms with Crippen molar-refractivity contribution in [1.82, 2.24) is 20.0 Å². The van der Waals surface area contributed by atoms with Crippen molar-refractivity contribution in [3.05, 3.63) is 11.9 Å². The summed E-state index contributed by atoms with van der Waals surface area (Å²) in [5.41, 5.74) is 6.36. The second-order valence-corrected chi connectivity index (χ2v) is 4.27. The molecule has 0 radical (unpaired) electrons. The number of carbonyl (C=O) groups is 2. The van der Waals surface area contributed by atoms with E-state index in [9.17, 15) is 9.59 Å². The second kappa shape index (κ2) is 5.52. The second-order valence-electron chi connectivity index (χ2n) is 4.27. The fraction of sp³-hybridized carbons (Fsp3) is 0.545. The average molecular weight is 253 g/mol. The van der Waals surface area contributed by atoms with Crippen LogP contribution in [0.5, 0.6) is 0 Å². The molecule has 3 N–H and O–H groups in total. The van der Waals surface area contributed by atoms with E-state index >= 15 is 0 Å². The molecule has 1 unspecified atom stereocenters. The Morgan fingerprint density at radius 1 is 1.61 bits per heavy atom. The van der Waals surface area contributed by atoms with E-state index in [0.717, 1.165) is 0 Å². The quantitative estimate of drug-likeness (QED) is 0.753. The molecular weight excluding hydrogens is 234 g/mol. The highest BCUT2D eigenvalue weighted by Crippen LogP contribution is 2.12. The summed E-state index contributed by atoms with van der Waals surface area (Å²) in [5, 5.41) is 6.46. The summed E-state index contributed by atoms with van der Waals surface area (Å²) in [6.45, 7) is 2.08. The van der Waals surface area contributed by atoms with Crippen LogP contribution in [-0.2, 0) is 11.8 Å². The van der Waals surface area contributed by atoms with Gasteiger partial charge in [-0.25, -0.2) is 0 Å². The molecule has 7 heteroatoms.